The molecule has 1 aromatic heterocycles. The first kappa shape index (κ1) is 17.1. The van der Waals surface area contributed by atoms with Crippen LogP contribution in [0.1, 0.15) is 24.3 Å². The highest BCUT2D eigenvalue weighted by molar-refractivity contribution is 6.45. The van der Waals surface area contributed by atoms with Crippen molar-refractivity contribution in [2.24, 2.45) is 5.92 Å². The number of rotatable bonds is 2. The first-order valence-corrected chi connectivity index (χ1v) is 8.69. The molecule has 7 heteroatoms. The van der Waals surface area contributed by atoms with Crippen LogP contribution in [-0.2, 0) is 4.79 Å². The molecular weight excluding hydrogens is 349 g/mol. The summed E-state index contributed by atoms with van der Waals surface area (Å²) in [6.45, 7) is 5.96. The Morgan fingerprint density at radius 1 is 1.08 bits per heavy atom. The van der Waals surface area contributed by atoms with Gasteiger partial charge in [0.25, 0.3) is 5.91 Å². The molecule has 24 heavy (non-hydrogen) atoms. The molecule has 1 saturated heterocycles. The van der Waals surface area contributed by atoms with E-state index in [0.29, 0.717) is 41.9 Å². The van der Waals surface area contributed by atoms with Crippen LogP contribution in [0.2, 0.25) is 10.0 Å². The Balaban J connectivity index is 1.74. The molecule has 0 spiro atoms. The Kier molecular flexibility index (Phi) is 4.74. The van der Waals surface area contributed by atoms with Crippen molar-refractivity contribution in [2.45, 2.75) is 13.8 Å². The molecule has 5 nitrogen and oxygen atoms in total. The van der Waals surface area contributed by atoms with E-state index < -0.39 is 0 Å². The average Bonchev–Trinajstić information content (AvgIpc) is 3.02. The number of fused-ring (bicyclic) bond motifs is 1. The summed E-state index contributed by atoms with van der Waals surface area (Å²) in [5, 5.41) is 1.64. The molecule has 0 unspecified atom stereocenters. The van der Waals surface area contributed by atoms with E-state index >= 15 is 0 Å². The third-order valence-electron chi connectivity index (χ3n) is 4.29. The largest absolute Gasteiger partial charge is 0.350 e. The molecule has 1 N–H and O–H groups in total. The molecule has 0 bridgehead atoms. The quantitative estimate of drug-likeness (QED) is 0.883. The van der Waals surface area contributed by atoms with Crippen molar-refractivity contribution in [2.75, 3.05) is 26.2 Å². The zero-order valence-corrected chi connectivity index (χ0v) is 15.1. The van der Waals surface area contributed by atoms with Gasteiger partial charge in [-0.25, -0.2) is 0 Å². The van der Waals surface area contributed by atoms with Crippen LogP contribution in [0, 0.1) is 5.92 Å². The van der Waals surface area contributed by atoms with E-state index in [9.17, 15) is 9.59 Å². The average molecular weight is 368 g/mol. The van der Waals surface area contributed by atoms with E-state index in [0.717, 1.165) is 10.9 Å². The van der Waals surface area contributed by atoms with Crippen LogP contribution in [0.3, 0.4) is 0 Å². The summed E-state index contributed by atoms with van der Waals surface area (Å²) in [4.78, 5) is 31.4. The fourth-order valence-corrected chi connectivity index (χ4v) is 3.31. The predicted molar refractivity (Wildman–Crippen MR) is 95.6 cm³/mol. The van der Waals surface area contributed by atoms with E-state index in [2.05, 4.69) is 4.98 Å². The van der Waals surface area contributed by atoms with Crippen LogP contribution < -0.4 is 0 Å². The van der Waals surface area contributed by atoms with Crippen molar-refractivity contribution >= 4 is 45.9 Å². The highest BCUT2D eigenvalue weighted by Gasteiger charge is 2.26. The van der Waals surface area contributed by atoms with Crippen LogP contribution in [-0.4, -0.2) is 52.8 Å². The molecule has 1 aliphatic heterocycles. The molecule has 1 aromatic carbocycles. The number of amides is 2. The van der Waals surface area contributed by atoms with Gasteiger partial charge < -0.3 is 14.8 Å². The fourth-order valence-electron chi connectivity index (χ4n) is 2.92. The topological polar surface area (TPSA) is 56.4 Å². The van der Waals surface area contributed by atoms with Gasteiger partial charge in [-0.2, -0.15) is 0 Å². The lowest BCUT2D eigenvalue weighted by Crippen LogP contribution is -2.51. The predicted octanol–water partition coefficient (Wildman–Crippen LogP) is 3.42. The maximum atomic E-state index is 12.7. The van der Waals surface area contributed by atoms with Crippen LogP contribution >= 0.6 is 23.2 Å². The fraction of sp³-hybridized carbons (Fsp3) is 0.412. The minimum atomic E-state index is -0.0879. The standard InChI is InChI=1S/C17H19Cl2N3O2/c1-10(2)16(23)21-5-7-22(8-6-21)17(24)14-9-11-13(20-14)4-3-12(18)15(11)19/h3-4,9-10,20H,5-8H2,1-2H3. The van der Waals surface area contributed by atoms with Crippen LogP contribution in [0.15, 0.2) is 18.2 Å². The number of carbonyl (C=O) groups is 2. The molecular formula is C17H19Cl2N3O2. The summed E-state index contributed by atoms with van der Waals surface area (Å²) < 4.78 is 0. The van der Waals surface area contributed by atoms with Crippen molar-refractivity contribution in [3.8, 4) is 0 Å². The number of aromatic amines is 1. The number of halogens is 2. The van der Waals surface area contributed by atoms with Crippen molar-refractivity contribution in [1.82, 2.24) is 14.8 Å². The van der Waals surface area contributed by atoms with Gasteiger partial charge in [0.05, 0.1) is 10.0 Å². The number of H-pyrrole nitrogens is 1. The lowest BCUT2D eigenvalue weighted by atomic mass is 10.1. The highest BCUT2D eigenvalue weighted by Crippen LogP contribution is 2.31. The Bertz CT molecular complexity index is 792. The maximum Gasteiger partial charge on any atom is 0.270 e. The van der Waals surface area contributed by atoms with Gasteiger partial charge >= 0.3 is 0 Å². The summed E-state index contributed by atoms with van der Waals surface area (Å²) in [6.07, 6.45) is 0. The van der Waals surface area contributed by atoms with Crippen LogP contribution in [0.25, 0.3) is 10.9 Å². The number of aromatic nitrogens is 1. The molecule has 2 heterocycles. The van der Waals surface area contributed by atoms with Crippen molar-refractivity contribution in [1.29, 1.82) is 0 Å². The molecule has 0 aliphatic carbocycles. The molecule has 1 fully saturated rings. The summed E-state index contributed by atoms with van der Waals surface area (Å²) in [5.74, 6) is 0.0250. The number of hydrogen-bond acceptors (Lipinski definition) is 2. The smallest absolute Gasteiger partial charge is 0.270 e. The zero-order chi connectivity index (χ0) is 17.4. The second-order valence-electron chi connectivity index (χ2n) is 6.28. The number of nitrogens with one attached hydrogen (secondary N) is 1. The van der Waals surface area contributed by atoms with E-state index in [4.69, 9.17) is 23.2 Å². The molecule has 1 aliphatic rings. The van der Waals surface area contributed by atoms with Crippen molar-refractivity contribution < 1.29 is 9.59 Å². The SMILES string of the molecule is CC(C)C(=O)N1CCN(C(=O)c2cc3c(Cl)c(Cl)ccc3[nH]2)CC1. The molecule has 2 aromatic rings. The molecule has 2 amide bonds. The van der Waals surface area contributed by atoms with Crippen molar-refractivity contribution in [3.63, 3.8) is 0 Å². The van der Waals surface area contributed by atoms with Gasteiger partial charge in [-0.15, -0.1) is 0 Å². The lowest BCUT2D eigenvalue weighted by molar-refractivity contribution is -0.135. The number of piperazine rings is 1. The molecule has 0 radical (unpaired) electrons. The second-order valence-corrected chi connectivity index (χ2v) is 7.06. The van der Waals surface area contributed by atoms with Gasteiger partial charge in [0, 0.05) is 43.0 Å². The Hall–Kier alpha value is -1.72. The number of carbonyl (C=O) groups excluding carboxylic acids is 2. The molecule has 3 rings (SSSR count). The van der Waals surface area contributed by atoms with Gasteiger partial charge in [-0.3, -0.25) is 9.59 Å². The first-order valence-electron chi connectivity index (χ1n) is 7.93. The van der Waals surface area contributed by atoms with E-state index in [1.54, 1.807) is 23.1 Å². The summed E-state index contributed by atoms with van der Waals surface area (Å²) in [7, 11) is 0. The van der Waals surface area contributed by atoms with Crippen molar-refractivity contribution in [3.05, 3.63) is 33.9 Å². The van der Waals surface area contributed by atoms with Gasteiger partial charge in [0.1, 0.15) is 5.69 Å². The van der Waals surface area contributed by atoms with E-state index in [1.165, 1.54) is 0 Å². The van der Waals surface area contributed by atoms with E-state index in [1.807, 2.05) is 18.7 Å². The van der Waals surface area contributed by atoms with Crippen LogP contribution in [0.5, 0.6) is 0 Å². The minimum absolute atomic E-state index is 0.0205. The van der Waals surface area contributed by atoms with Gasteiger partial charge in [0.2, 0.25) is 5.91 Å². The highest BCUT2D eigenvalue weighted by atomic mass is 35.5. The molecule has 128 valence electrons. The number of nitrogens with zero attached hydrogens (tertiary/aromatic N) is 2. The normalized spacial score (nSPS) is 15.4. The summed E-state index contributed by atoms with van der Waals surface area (Å²) >= 11 is 12.2. The summed E-state index contributed by atoms with van der Waals surface area (Å²) in [5.41, 5.74) is 1.26. The molecule has 0 saturated carbocycles. The van der Waals surface area contributed by atoms with Gasteiger partial charge in [-0.1, -0.05) is 37.0 Å². The zero-order valence-electron chi connectivity index (χ0n) is 13.6. The number of benzene rings is 1. The number of hydrogen-bond donors (Lipinski definition) is 1. The Morgan fingerprint density at radius 2 is 1.71 bits per heavy atom. The third-order valence-corrected chi connectivity index (χ3v) is 5.11. The lowest BCUT2D eigenvalue weighted by Gasteiger charge is -2.35. The van der Waals surface area contributed by atoms with E-state index in [-0.39, 0.29) is 17.7 Å². The van der Waals surface area contributed by atoms with Crippen LogP contribution in [0.4, 0.5) is 0 Å². The Labute approximate surface area is 150 Å². The Morgan fingerprint density at radius 3 is 2.33 bits per heavy atom. The minimum Gasteiger partial charge on any atom is -0.350 e. The van der Waals surface area contributed by atoms with Gasteiger partial charge in [0.15, 0.2) is 0 Å². The monoisotopic (exact) mass is 367 g/mol. The summed E-state index contributed by atoms with van der Waals surface area (Å²) in [6, 6.07) is 5.24. The first-order chi connectivity index (χ1) is 11.4. The molecule has 0 atom stereocenters. The third kappa shape index (κ3) is 3.10. The second kappa shape index (κ2) is 6.65. The van der Waals surface area contributed by atoms with Gasteiger partial charge in [-0.05, 0) is 18.2 Å². The maximum absolute atomic E-state index is 12.7.